The summed E-state index contributed by atoms with van der Waals surface area (Å²) in [6.07, 6.45) is 2.27. The molecule has 1 saturated carbocycles. The summed E-state index contributed by atoms with van der Waals surface area (Å²) in [6, 6.07) is 1.98. The first-order valence-corrected chi connectivity index (χ1v) is 6.28. The van der Waals surface area contributed by atoms with Crippen molar-refractivity contribution in [2.45, 2.75) is 45.1 Å². The van der Waals surface area contributed by atoms with Crippen LogP contribution in [0, 0.1) is 6.92 Å². The van der Waals surface area contributed by atoms with E-state index in [0.717, 1.165) is 30.2 Å². The number of halogens is 1. The van der Waals surface area contributed by atoms with Gasteiger partial charge in [0.05, 0.1) is 5.54 Å². The van der Waals surface area contributed by atoms with Gasteiger partial charge in [0, 0.05) is 23.6 Å². The Kier molecular flexibility index (Phi) is 3.06. The van der Waals surface area contributed by atoms with Gasteiger partial charge in [0.2, 0.25) is 0 Å². The maximum absolute atomic E-state index is 5.94. The van der Waals surface area contributed by atoms with Crippen molar-refractivity contribution in [3.63, 3.8) is 0 Å². The molecule has 0 spiro atoms. The lowest BCUT2D eigenvalue weighted by molar-refractivity contribution is 0.756. The number of aryl methyl sites for hydroxylation is 1. The average molecular weight is 240 g/mol. The molecule has 0 aromatic carbocycles. The van der Waals surface area contributed by atoms with E-state index in [1.807, 2.05) is 13.0 Å². The van der Waals surface area contributed by atoms with Gasteiger partial charge in [-0.2, -0.15) is 0 Å². The lowest BCUT2D eigenvalue weighted by Crippen LogP contribution is -2.24. The zero-order valence-corrected chi connectivity index (χ0v) is 10.8. The largest absolute Gasteiger partial charge is 0.363 e. The predicted molar refractivity (Wildman–Crippen MR) is 67.2 cm³/mol. The van der Waals surface area contributed by atoms with Crippen LogP contribution in [0.4, 0.5) is 5.82 Å². The normalized spacial score (nSPS) is 17.6. The third kappa shape index (κ3) is 2.46. The number of rotatable bonds is 4. The Hall–Kier alpha value is -0.830. The van der Waals surface area contributed by atoms with Crippen LogP contribution < -0.4 is 5.32 Å². The summed E-state index contributed by atoms with van der Waals surface area (Å²) >= 11 is 5.94. The molecule has 0 atom stereocenters. The molecule has 1 aromatic heterocycles. The molecule has 1 N–H and O–H groups in total. The second-order valence-electron chi connectivity index (χ2n) is 4.95. The lowest BCUT2D eigenvalue weighted by atomic mass is 10.2. The smallest absolute Gasteiger partial charge is 0.133 e. The molecule has 2 rings (SSSR count). The SMILES string of the molecule is Cc1cc(NC2(CCl)CC2)nc(C(C)C)n1. The zero-order chi connectivity index (χ0) is 11.8. The van der Waals surface area contributed by atoms with Crippen LogP contribution in [0.15, 0.2) is 6.07 Å². The second-order valence-corrected chi connectivity index (χ2v) is 5.21. The van der Waals surface area contributed by atoms with Gasteiger partial charge in [0.1, 0.15) is 11.6 Å². The Morgan fingerprint density at radius 2 is 2.12 bits per heavy atom. The number of nitrogens with zero attached hydrogens (tertiary/aromatic N) is 2. The molecule has 1 aromatic rings. The van der Waals surface area contributed by atoms with Crippen LogP contribution in [0.3, 0.4) is 0 Å². The maximum Gasteiger partial charge on any atom is 0.133 e. The van der Waals surface area contributed by atoms with E-state index in [-0.39, 0.29) is 5.54 Å². The molecule has 0 saturated heterocycles. The Bertz CT molecular complexity index is 386. The molecule has 1 heterocycles. The van der Waals surface area contributed by atoms with Crippen LogP contribution in [-0.4, -0.2) is 21.4 Å². The number of aromatic nitrogens is 2. The van der Waals surface area contributed by atoms with Gasteiger partial charge in [-0.05, 0) is 19.8 Å². The van der Waals surface area contributed by atoms with E-state index in [4.69, 9.17) is 11.6 Å². The fourth-order valence-electron chi connectivity index (χ4n) is 1.63. The first-order valence-electron chi connectivity index (χ1n) is 5.74. The van der Waals surface area contributed by atoms with E-state index >= 15 is 0 Å². The summed E-state index contributed by atoms with van der Waals surface area (Å²) in [5.41, 5.74) is 1.10. The summed E-state index contributed by atoms with van der Waals surface area (Å²) in [6.45, 7) is 6.21. The van der Waals surface area contributed by atoms with Gasteiger partial charge in [0.25, 0.3) is 0 Å². The molecular formula is C12H18ClN3. The quantitative estimate of drug-likeness (QED) is 0.821. The highest BCUT2D eigenvalue weighted by atomic mass is 35.5. The number of nitrogens with one attached hydrogen (secondary N) is 1. The van der Waals surface area contributed by atoms with Crippen molar-refractivity contribution in [1.82, 2.24) is 9.97 Å². The van der Waals surface area contributed by atoms with E-state index in [1.165, 1.54) is 0 Å². The molecule has 0 amide bonds. The van der Waals surface area contributed by atoms with E-state index < -0.39 is 0 Å². The van der Waals surface area contributed by atoms with Gasteiger partial charge in [-0.15, -0.1) is 11.6 Å². The fraction of sp³-hybridized carbons (Fsp3) is 0.667. The minimum atomic E-state index is 0.0938. The van der Waals surface area contributed by atoms with Gasteiger partial charge < -0.3 is 5.32 Å². The molecule has 1 fully saturated rings. The first kappa shape index (κ1) is 11.6. The lowest BCUT2D eigenvalue weighted by Gasteiger charge is -2.16. The molecule has 1 aliphatic carbocycles. The third-order valence-electron chi connectivity index (χ3n) is 2.89. The Morgan fingerprint density at radius 1 is 1.44 bits per heavy atom. The Morgan fingerprint density at radius 3 is 2.62 bits per heavy atom. The van der Waals surface area contributed by atoms with Crippen molar-refractivity contribution in [1.29, 1.82) is 0 Å². The third-order valence-corrected chi connectivity index (χ3v) is 3.40. The standard InChI is InChI=1S/C12H18ClN3/c1-8(2)11-14-9(3)6-10(15-11)16-12(7-13)4-5-12/h6,8H,4-5,7H2,1-3H3,(H,14,15,16). The minimum Gasteiger partial charge on any atom is -0.363 e. The van der Waals surface area contributed by atoms with Crippen LogP contribution in [0.5, 0.6) is 0 Å². The van der Waals surface area contributed by atoms with E-state index in [1.54, 1.807) is 0 Å². The minimum absolute atomic E-state index is 0.0938. The van der Waals surface area contributed by atoms with Crippen LogP contribution in [0.2, 0.25) is 0 Å². The highest BCUT2D eigenvalue weighted by molar-refractivity contribution is 6.19. The average Bonchev–Trinajstić information content (AvgIpc) is 2.97. The summed E-state index contributed by atoms with van der Waals surface area (Å²) in [5, 5.41) is 3.43. The maximum atomic E-state index is 5.94. The Balaban J connectivity index is 2.21. The second kappa shape index (κ2) is 4.21. The number of anilines is 1. The molecule has 16 heavy (non-hydrogen) atoms. The zero-order valence-electron chi connectivity index (χ0n) is 10.0. The van der Waals surface area contributed by atoms with E-state index in [0.29, 0.717) is 11.8 Å². The number of hydrogen-bond donors (Lipinski definition) is 1. The van der Waals surface area contributed by atoms with Crippen LogP contribution in [0.25, 0.3) is 0 Å². The fourth-order valence-corrected chi connectivity index (χ4v) is 1.96. The van der Waals surface area contributed by atoms with Crippen molar-refractivity contribution in [2.75, 3.05) is 11.2 Å². The molecule has 0 radical (unpaired) electrons. The van der Waals surface area contributed by atoms with Gasteiger partial charge in [-0.1, -0.05) is 13.8 Å². The van der Waals surface area contributed by atoms with Crippen molar-refractivity contribution in [3.05, 3.63) is 17.6 Å². The summed E-state index contributed by atoms with van der Waals surface area (Å²) in [7, 11) is 0. The van der Waals surface area contributed by atoms with Crippen LogP contribution in [-0.2, 0) is 0 Å². The topological polar surface area (TPSA) is 37.8 Å². The van der Waals surface area contributed by atoms with Gasteiger partial charge in [-0.25, -0.2) is 9.97 Å². The Labute approximate surface area is 102 Å². The summed E-state index contributed by atoms with van der Waals surface area (Å²) in [4.78, 5) is 8.95. The van der Waals surface area contributed by atoms with Crippen LogP contribution in [0.1, 0.15) is 44.1 Å². The highest BCUT2D eigenvalue weighted by Gasteiger charge is 2.42. The van der Waals surface area contributed by atoms with Crippen molar-refractivity contribution in [3.8, 4) is 0 Å². The molecule has 1 aliphatic rings. The summed E-state index contributed by atoms with van der Waals surface area (Å²) in [5.74, 6) is 2.81. The summed E-state index contributed by atoms with van der Waals surface area (Å²) < 4.78 is 0. The molecule has 0 unspecified atom stereocenters. The van der Waals surface area contributed by atoms with E-state index in [9.17, 15) is 0 Å². The highest BCUT2D eigenvalue weighted by Crippen LogP contribution is 2.39. The van der Waals surface area contributed by atoms with Gasteiger partial charge in [0.15, 0.2) is 0 Å². The molecule has 88 valence electrons. The van der Waals surface area contributed by atoms with Crippen molar-refractivity contribution < 1.29 is 0 Å². The molecule has 3 nitrogen and oxygen atoms in total. The van der Waals surface area contributed by atoms with Gasteiger partial charge in [-0.3, -0.25) is 0 Å². The van der Waals surface area contributed by atoms with Gasteiger partial charge >= 0.3 is 0 Å². The van der Waals surface area contributed by atoms with E-state index in [2.05, 4.69) is 29.1 Å². The monoisotopic (exact) mass is 239 g/mol. The van der Waals surface area contributed by atoms with Crippen LogP contribution >= 0.6 is 11.6 Å². The number of hydrogen-bond acceptors (Lipinski definition) is 3. The molecule has 4 heteroatoms. The van der Waals surface area contributed by atoms with Crippen molar-refractivity contribution in [2.24, 2.45) is 0 Å². The molecular weight excluding hydrogens is 222 g/mol. The van der Waals surface area contributed by atoms with Crippen molar-refractivity contribution >= 4 is 17.4 Å². The molecule has 0 bridgehead atoms. The first-order chi connectivity index (χ1) is 7.54. The number of alkyl halides is 1. The predicted octanol–water partition coefficient (Wildman–Crippen LogP) is 3.09. The molecule has 0 aliphatic heterocycles.